The average molecular weight is 441 g/mol. The first-order valence-electron chi connectivity index (χ1n) is 10.3. The lowest BCUT2D eigenvalue weighted by atomic mass is 9.96. The van der Waals surface area contributed by atoms with Gasteiger partial charge in [-0.25, -0.2) is 5.48 Å². The molecule has 0 bridgehead atoms. The molecule has 1 aliphatic heterocycles. The number of likely N-dealkylation sites (N-methyl/N-ethyl adjacent to an activating group) is 2. The van der Waals surface area contributed by atoms with Crippen LogP contribution >= 0.6 is 0 Å². The third-order valence-electron chi connectivity index (χ3n) is 5.84. The molecule has 3 rings (SSSR count). The van der Waals surface area contributed by atoms with Crippen LogP contribution in [0.25, 0.3) is 11.1 Å². The van der Waals surface area contributed by atoms with Crippen LogP contribution in [0.5, 0.6) is 0 Å². The number of hydrogen-bond acceptors (Lipinski definition) is 6. The summed E-state index contributed by atoms with van der Waals surface area (Å²) in [4.78, 5) is 38.4. The van der Waals surface area contributed by atoms with E-state index in [9.17, 15) is 14.4 Å². The third kappa shape index (κ3) is 4.64. The lowest BCUT2D eigenvalue weighted by Gasteiger charge is -2.34. The summed E-state index contributed by atoms with van der Waals surface area (Å²) in [6.45, 7) is 3.55. The van der Waals surface area contributed by atoms with Gasteiger partial charge in [-0.3, -0.25) is 19.6 Å². The van der Waals surface area contributed by atoms with Gasteiger partial charge in [0.1, 0.15) is 0 Å². The molecule has 1 atom stereocenters. The summed E-state index contributed by atoms with van der Waals surface area (Å²) < 4.78 is 5.15. The van der Waals surface area contributed by atoms with E-state index in [0.717, 1.165) is 35.8 Å². The Balaban J connectivity index is 1.71. The number of rotatable bonds is 8. The molecule has 3 amide bonds. The van der Waals surface area contributed by atoms with E-state index in [4.69, 9.17) is 9.94 Å². The summed E-state index contributed by atoms with van der Waals surface area (Å²) >= 11 is 0. The number of carbonyl (C=O) groups excluding carboxylic acids is 3. The van der Waals surface area contributed by atoms with Gasteiger partial charge in [-0.05, 0) is 35.7 Å². The molecular weight excluding hydrogens is 412 g/mol. The average Bonchev–Trinajstić information content (AvgIpc) is 2.81. The van der Waals surface area contributed by atoms with Gasteiger partial charge < -0.3 is 20.3 Å². The second kappa shape index (κ2) is 9.90. The summed E-state index contributed by atoms with van der Waals surface area (Å²) in [6.07, 6.45) is 0. The summed E-state index contributed by atoms with van der Waals surface area (Å²) in [5.41, 5.74) is 2.95. The van der Waals surface area contributed by atoms with E-state index in [-0.39, 0.29) is 0 Å². The molecule has 0 aromatic heterocycles. The lowest BCUT2D eigenvalue weighted by Crippen LogP contribution is -2.64. The summed E-state index contributed by atoms with van der Waals surface area (Å²) in [6, 6.07) is 15.5. The van der Waals surface area contributed by atoms with Crippen LogP contribution in [0.2, 0.25) is 0 Å². The van der Waals surface area contributed by atoms with E-state index in [1.54, 1.807) is 12.1 Å². The highest BCUT2D eigenvalue weighted by molar-refractivity contribution is 6.12. The Bertz CT molecular complexity index is 955. The molecule has 9 heteroatoms. The van der Waals surface area contributed by atoms with Crippen molar-refractivity contribution in [1.82, 2.24) is 21.0 Å². The number of ether oxygens (including phenoxy) is 1. The highest BCUT2D eigenvalue weighted by Crippen LogP contribution is 2.23. The molecule has 0 radical (unpaired) electrons. The molecule has 0 saturated carbocycles. The first-order chi connectivity index (χ1) is 15.3. The number of benzene rings is 2. The highest BCUT2D eigenvalue weighted by atomic mass is 16.5. The molecule has 0 aliphatic carbocycles. The van der Waals surface area contributed by atoms with Crippen LogP contribution in [0.15, 0.2) is 48.5 Å². The van der Waals surface area contributed by atoms with Crippen LogP contribution in [-0.2, 0) is 20.9 Å². The zero-order valence-electron chi connectivity index (χ0n) is 18.3. The van der Waals surface area contributed by atoms with Gasteiger partial charge >= 0.3 is 0 Å². The van der Waals surface area contributed by atoms with Gasteiger partial charge in [0.25, 0.3) is 17.7 Å². The number of hydrogen-bond donors (Lipinski definition) is 4. The van der Waals surface area contributed by atoms with Gasteiger partial charge in [0, 0.05) is 26.2 Å². The summed E-state index contributed by atoms with van der Waals surface area (Å²) in [5.74, 6) is -2.27. The SMILES string of the molecule is CNC(=O)[C@@](C)(C(=O)NO)N(C)C(=O)c1ccc(-c2ccc(CNC3COC3)cc2)cc1. The molecule has 2 aromatic rings. The molecule has 170 valence electrons. The molecule has 32 heavy (non-hydrogen) atoms. The topological polar surface area (TPSA) is 120 Å². The zero-order valence-corrected chi connectivity index (χ0v) is 18.3. The number of carbonyl (C=O) groups is 3. The fourth-order valence-corrected chi connectivity index (χ4v) is 3.39. The van der Waals surface area contributed by atoms with Crippen LogP contribution in [0.3, 0.4) is 0 Å². The number of nitrogens with one attached hydrogen (secondary N) is 3. The lowest BCUT2D eigenvalue weighted by molar-refractivity contribution is -0.148. The molecular formula is C23H28N4O5. The van der Waals surface area contributed by atoms with Crippen molar-refractivity contribution in [1.29, 1.82) is 0 Å². The predicted molar refractivity (Wildman–Crippen MR) is 118 cm³/mol. The van der Waals surface area contributed by atoms with Gasteiger partial charge in [0.05, 0.1) is 19.3 Å². The number of nitrogens with zero attached hydrogens (tertiary/aromatic N) is 1. The van der Waals surface area contributed by atoms with Gasteiger partial charge in [0.15, 0.2) is 5.54 Å². The Morgan fingerprint density at radius 3 is 2.06 bits per heavy atom. The first-order valence-corrected chi connectivity index (χ1v) is 10.3. The van der Waals surface area contributed by atoms with Crippen LogP contribution < -0.4 is 16.1 Å². The maximum Gasteiger partial charge on any atom is 0.278 e. The zero-order chi connectivity index (χ0) is 23.3. The van der Waals surface area contributed by atoms with E-state index in [2.05, 4.69) is 22.8 Å². The van der Waals surface area contributed by atoms with Crippen LogP contribution in [0.4, 0.5) is 0 Å². The second-order valence-corrected chi connectivity index (χ2v) is 7.85. The van der Waals surface area contributed by atoms with Crippen molar-refractivity contribution in [2.45, 2.75) is 25.0 Å². The number of hydroxylamine groups is 1. The monoisotopic (exact) mass is 440 g/mol. The fraction of sp³-hybridized carbons (Fsp3) is 0.348. The molecule has 2 aromatic carbocycles. The van der Waals surface area contributed by atoms with Crippen molar-refractivity contribution in [2.24, 2.45) is 0 Å². The van der Waals surface area contributed by atoms with E-state index < -0.39 is 23.3 Å². The smallest absolute Gasteiger partial charge is 0.278 e. The minimum absolute atomic E-state index is 0.306. The van der Waals surface area contributed by atoms with Crippen LogP contribution in [0, 0.1) is 0 Å². The summed E-state index contributed by atoms with van der Waals surface area (Å²) in [7, 11) is 2.69. The van der Waals surface area contributed by atoms with E-state index in [1.165, 1.54) is 32.1 Å². The largest absolute Gasteiger partial charge is 0.378 e. The molecule has 1 heterocycles. The Morgan fingerprint density at radius 1 is 1.03 bits per heavy atom. The maximum absolute atomic E-state index is 12.9. The van der Waals surface area contributed by atoms with Crippen molar-refractivity contribution >= 4 is 17.7 Å². The van der Waals surface area contributed by atoms with E-state index >= 15 is 0 Å². The molecule has 1 aliphatic rings. The minimum Gasteiger partial charge on any atom is -0.378 e. The Hall–Kier alpha value is -3.27. The van der Waals surface area contributed by atoms with Crippen LogP contribution in [-0.4, -0.2) is 66.7 Å². The third-order valence-corrected chi connectivity index (χ3v) is 5.84. The van der Waals surface area contributed by atoms with E-state index in [0.29, 0.717) is 11.6 Å². The normalized spacial score (nSPS) is 15.2. The predicted octanol–water partition coefficient (Wildman–Crippen LogP) is 0.924. The Kier molecular flexibility index (Phi) is 7.24. The van der Waals surface area contributed by atoms with Crippen molar-refractivity contribution in [2.75, 3.05) is 27.3 Å². The highest BCUT2D eigenvalue weighted by Gasteiger charge is 2.47. The van der Waals surface area contributed by atoms with E-state index in [1.807, 2.05) is 24.3 Å². The Labute approximate surface area is 186 Å². The van der Waals surface area contributed by atoms with Crippen molar-refractivity contribution in [3.05, 3.63) is 59.7 Å². The number of amides is 3. The molecule has 1 saturated heterocycles. The summed E-state index contributed by atoms with van der Waals surface area (Å²) in [5, 5.41) is 14.8. The first kappa shape index (κ1) is 23.4. The van der Waals surface area contributed by atoms with Crippen molar-refractivity contribution in [3.8, 4) is 11.1 Å². The van der Waals surface area contributed by atoms with Crippen molar-refractivity contribution < 1.29 is 24.3 Å². The molecule has 1 fully saturated rings. The van der Waals surface area contributed by atoms with Gasteiger partial charge in [-0.2, -0.15) is 0 Å². The van der Waals surface area contributed by atoms with Gasteiger partial charge in [-0.1, -0.05) is 36.4 Å². The van der Waals surface area contributed by atoms with Gasteiger partial charge in [-0.15, -0.1) is 0 Å². The fourth-order valence-electron chi connectivity index (χ4n) is 3.39. The molecule has 0 spiro atoms. The van der Waals surface area contributed by atoms with Crippen molar-refractivity contribution in [3.63, 3.8) is 0 Å². The second-order valence-electron chi connectivity index (χ2n) is 7.85. The molecule has 0 unspecified atom stereocenters. The minimum atomic E-state index is -1.92. The van der Waals surface area contributed by atoms with Crippen LogP contribution in [0.1, 0.15) is 22.8 Å². The molecule has 4 N–H and O–H groups in total. The maximum atomic E-state index is 12.9. The van der Waals surface area contributed by atoms with Gasteiger partial charge in [0.2, 0.25) is 0 Å². The Morgan fingerprint density at radius 2 is 1.59 bits per heavy atom. The quantitative estimate of drug-likeness (QED) is 0.275. The molecule has 9 nitrogen and oxygen atoms in total. The standard InChI is InChI=1S/C23H28N4O5/c1-23(21(29)24-2,22(30)26-31)27(3)20(28)18-10-8-17(9-11-18)16-6-4-15(5-7-16)12-25-19-13-32-14-19/h4-11,19,25,31H,12-14H2,1-3H3,(H,24,29)(H,26,30)/t23-/m0/s1.